The molecule has 2 rings (SSSR count). The van der Waals surface area contributed by atoms with Gasteiger partial charge in [-0.1, -0.05) is 36.8 Å². The molecule has 0 atom stereocenters. The predicted octanol–water partition coefficient (Wildman–Crippen LogP) is 5.07. The van der Waals surface area contributed by atoms with Crippen molar-refractivity contribution in [3.05, 3.63) is 64.7 Å². The van der Waals surface area contributed by atoms with Gasteiger partial charge in [-0.25, -0.2) is 4.39 Å². The van der Waals surface area contributed by atoms with E-state index in [1.807, 2.05) is 31.2 Å². The lowest BCUT2D eigenvalue weighted by Crippen LogP contribution is -2.31. The fourth-order valence-corrected chi connectivity index (χ4v) is 3.04. The number of benzene rings is 1. The Bertz CT molecular complexity index is 835. The van der Waals surface area contributed by atoms with E-state index in [1.54, 1.807) is 11.6 Å². The first-order chi connectivity index (χ1) is 13.4. The van der Waals surface area contributed by atoms with Crippen LogP contribution in [0.3, 0.4) is 0 Å². The molecule has 0 radical (unpaired) electrons. The Labute approximate surface area is 166 Å². The monoisotopic (exact) mass is 383 g/mol. The molecular formula is C22H30FN5. The van der Waals surface area contributed by atoms with Gasteiger partial charge in [0.15, 0.2) is 11.7 Å². The third-order valence-electron chi connectivity index (χ3n) is 4.73. The Kier molecular flexibility index (Phi) is 7.67. The number of hydrogen-bond acceptors (Lipinski definition) is 3. The maximum Gasteiger partial charge on any atom is 0.175 e. The van der Waals surface area contributed by atoms with Crippen LogP contribution in [0.2, 0.25) is 0 Å². The maximum atomic E-state index is 14.7. The molecule has 6 heteroatoms. The molecule has 2 N–H and O–H groups in total. The number of unbranched alkanes of at least 4 members (excludes halogenated alkanes) is 1. The van der Waals surface area contributed by atoms with Crippen molar-refractivity contribution in [3.63, 3.8) is 0 Å². The Balaban J connectivity index is 2.17. The van der Waals surface area contributed by atoms with E-state index in [9.17, 15) is 4.39 Å². The van der Waals surface area contributed by atoms with Gasteiger partial charge in [-0.2, -0.15) is 5.10 Å². The number of aryl methyl sites for hydroxylation is 3. The van der Waals surface area contributed by atoms with Crippen molar-refractivity contribution < 1.29 is 4.39 Å². The van der Waals surface area contributed by atoms with E-state index in [1.165, 1.54) is 10.5 Å². The molecule has 1 heterocycles. The summed E-state index contributed by atoms with van der Waals surface area (Å²) in [6.45, 7) is 10.5. The minimum atomic E-state index is -0.488. The van der Waals surface area contributed by atoms with E-state index < -0.39 is 5.82 Å². The molecule has 0 saturated heterocycles. The number of allylic oxidation sites excluding steroid dienone is 1. The zero-order valence-electron chi connectivity index (χ0n) is 17.1. The van der Waals surface area contributed by atoms with E-state index in [0.29, 0.717) is 13.1 Å². The molecule has 1 aromatic heterocycles. The zero-order valence-corrected chi connectivity index (χ0v) is 17.1. The molecule has 0 amide bonds. The van der Waals surface area contributed by atoms with Gasteiger partial charge in [-0.3, -0.25) is 15.5 Å². The molecule has 5 nitrogen and oxygen atoms in total. The number of nitrogens with zero attached hydrogens (tertiary/aromatic N) is 3. The van der Waals surface area contributed by atoms with Crippen molar-refractivity contribution in [3.8, 4) is 0 Å². The van der Waals surface area contributed by atoms with Gasteiger partial charge in [0.1, 0.15) is 5.69 Å². The Morgan fingerprint density at radius 3 is 2.46 bits per heavy atom. The molecule has 0 saturated carbocycles. The molecular weight excluding hydrogens is 353 g/mol. The smallest absolute Gasteiger partial charge is 0.175 e. The summed E-state index contributed by atoms with van der Waals surface area (Å²) >= 11 is 0. The molecule has 2 aromatic rings. The van der Waals surface area contributed by atoms with Crippen molar-refractivity contribution in [2.75, 3.05) is 0 Å². The largest absolute Gasteiger partial charge is 0.312 e. The van der Waals surface area contributed by atoms with E-state index in [4.69, 9.17) is 10.8 Å². The average Bonchev–Trinajstić information content (AvgIpc) is 2.96. The van der Waals surface area contributed by atoms with Crippen molar-refractivity contribution in [2.24, 2.45) is 0 Å². The summed E-state index contributed by atoms with van der Waals surface area (Å²) in [5.41, 5.74) is 3.74. The summed E-state index contributed by atoms with van der Waals surface area (Å²) in [5.74, 6) is -0.536. The fourth-order valence-electron chi connectivity index (χ4n) is 3.04. The predicted molar refractivity (Wildman–Crippen MR) is 113 cm³/mol. The molecule has 28 heavy (non-hydrogen) atoms. The van der Waals surface area contributed by atoms with Crippen LogP contribution in [-0.4, -0.2) is 26.9 Å². The van der Waals surface area contributed by atoms with Crippen LogP contribution < -0.4 is 0 Å². The first-order valence-electron chi connectivity index (χ1n) is 9.68. The van der Waals surface area contributed by atoms with Crippen molar-refractivity contribution in [1.82, 2.24) is 14.7 Å². The normalized spacial score (nSPS) is 10.7. The van der Waals surface area contributed by atoms with Gasteiger partial charge in [-0.05, 0) is 50.7 Å². The molecule has 1 aromatic carbocycles. The summed E-state index contributed by atoms with van der Waals surface area (Å²) in [7, 11) is 0. The topological polar surface area (TPSA) is 68.8 Å². The number of hydrogen-bond donors (Lipinski definition) is 2. The lowest BCUT2D eigenvalue weighted by atomic mass is 10.1. The Morgan fingerprint density at radius 2 is 1.89 bits per heavy atom. The van der Waals surface area contributed by atoms with Gasteiger partial charge < -0.3 is 4.90 Å². The summed E-state index contributed by atoms with van der Waals surface area (Å²) < 4.78 is 16.3. The standard InChI is InChI=1S/C22H30FN5/c1-5-18-9-11-19(12-10-18)14-27(15-24)22(25)21-20(23)17(4)26-28(21)13-7-6-8-16(2)3/h9-12,15,24-25H,2,5-8,13-14H2,1,3-4H3. The number of halogens is 1. The van der Waals surface area contributed by atoms with Gasteiger partial charge in [0.2, 0.25) is 0 Å². The molecule has 150 valence electrons. The van der Waals surface area contributed by atoms with E-state index in [0.717, 1.165) is 43.2 Å². The number of rotatable bonds is 10. The van der Waals surface area contributed by atoms with Crippen molar-refractivity contribution in [2.45, 2.75) is 59.5 Å². The minimum Gasteiger partial charge on any atom is -0.312 e. The summed E-state index contributed by atoms with van der Waals surface area (Å²) in [6, 6.07) is 8.05. The molecule has 0 aliphatic rings. The number of nitrogens with one attached hydrogen (secondary N) is 2. The lowest BCUT2D eigenvalue weighted by molar-refractivity contribution is 0.531. The highest BCUT2D eigenvalue weighted by molar-refractivity contribution is 6.01. The molecule has 0 unspecified atom stereocenters. The first kappa shape index (κ1) is 21.5. The minimum absolute atomic E-state index is 0.0485. The Morgan fingerprint density at radius 1 is 1.25 bits per heavy atom. The fraction of sp³-hybridized carbons (Fsp3) is 0.409. The second-order valence-electron chi connectivity index (χ2n) is 7.16. The highest BCUT2D eigenvalue weighted by Crippen LogP contribution is 2.17. The highest BCUT2D eigenvalue weighted by Gasteiger charge is 2.23. The highest BCUT2D eigenvalue weighted by atomic mass is 19.1. The number of aromatic nitrogens is 2. The lowest BCUT2D eigenvalue weighted by Gasteiger charge is -2.21. The second-order valence-corrected chi connectivity index (χ2v) is 7.16. The van der Waals surface area contributed by atoms with Crippen LogP contribution in [0.5, 0.6) is 0 Å². The van der Waals surface area contributed by atoms with Crippen LogP contribution >= 0.6 is 0 Å². The molecule has 0 aliphatic carbocycles. The summed E-state index contributed by atoms with van der Waals surface area (Å²) in [6.07, 6.45) is 4.73. The van der Waals surface area contributed by atoms with Crippen LogP contribution in [0.1, 0.15) is 55.6 Å². The van der Waals surface area contributed by atoms with Gasteiger partial charge in [0.25, 0.3) is 0 Å². The van der Waals surface area contributed by atoms with Crippen LogP contribution in [0.25, 0.3) is 0 Å². The third-order valence-corrected chi connectivity index (χ3v) is 4.73. The SMILES string of the molecule is C=C(C)CCCCn1nc(C)c(F)c1C(=N)N(C=N)Cc1ccc(CC)cc1. The van der Waals surface area contributed by atoms with Gasteiger partial charge in [0.05, 0.1) is 18.6 Å². The zero-order chi connectivity index (χ0) is 20.7. The molecule has 0 bridgehead atoms. The summed E-state index contributed by atoms with van der Waals surface area (Å²) in [4.78, 5) is 1.44. The summed E-state index contributed by atoms with van der Waals surface area (Å²) in [5, 5.41) is 20.5. The van der Waals surface area contributed by atoms with E-state index >= 15 is 0 Å². The van der Waals surface area contributed by atoms with Gasteiger partial charge in [0, 0.05) is 6.54 Å². The quantitative estimate of drug-likeness (QED) is 0.260. The molecule has 0 spiro atoms. The van der Waals surface area contributed by atoms with Gasteiger partial charge >= 0.3 is 0 Å². The average molecular weight is 384 g/mol. The van der Waals surface area contributed by atoms with E-state index in [2.05, 4.69) is 18.6 Å². The first-order valence-corrected chi connectivity index (χ1v) is 9.68. The van der Waals surface area contributed by atoms with Crippen LogP contribution in [0, 0.1) is 23.6 Å². The van der Waals surface area contributed by atoms with Crippen LogP contribution in [0.15, 0.2) is 36.4 Å². The Hall–Kier alpha value is -2.76. The third kappa shape index (κ3) is 5.38. The van der Waals surface area contributed by atoms with Crippen LogP contribution in [0.4, 0.5) is 4.39 Å². The van der Waals surface area contributed by atoms with Crippen molar-refractivity contribution >= 4 is 12.2 Å². The van der Waals surface area contributed by atoms with Gasteiger partial charge in [-0.15, -0.1) is 6.58 Å². The molecule has 0 aliphatic heterocycles. The van der Waals surface area contributed by atoms with E-state index in [-0.39, 0.29) is 17.2 Å². The van der Waals surface area contributed by atoms with Crippen LogP contribution in [-0.2, 0) is 19.5 Å². The number of amidine groups is 1. The van der Waals surface area contributed by atoms with Crippen molar-refractivity contribution in [1.29, 1.82) is 10.8 Å². The molecule has 0 fully saturated rings. The maximum absolute atomic E-state index is 14.7. The second kappa shape index (κ2) is 9.97.